The highest BCUT2D eigenvalue weighted by Gasteiger charge is 2.28. The summed E-state index contributed by atoms with van der Waals surface area (Å²) in [5.41, 5.74) is 3.43. The summed E-state index contributed by atoms with van der Waals surface area (Å²) in [4.78, 5) is 14.4. The summed E-state index contributed by atoms with van der Waals surface area (Å²) in [5, 5.41) is 14.9. The van der Waals surface area contributed by atoms with Crippen LogP contribution in [0.2, 0.25) is 0 Å². The van der Waals surface area contributed by atoms with Crippen molar-refractivity contribution in [1.82, 2.24) is 15.1 Å². The molecule has 4 rings (SSSR count). The third-order valence-electron chi connectivity index (χ3n) is 6.04. The average molecular weight is 463 g/mol. The van der Waals surface area contributed by atoms with Crippen LogP contribution in [0.1, 0.15) is 44.7 Å². The van der Waals surface area contributed by atoms with Crippen molar-refractivity contribution in [1.29, 1.82) is 0 Å². The molecular formula is C27H34N4O3. The Labute approximate surface area is 201 Å². The number of ether oxygens (including phenoxy) is 2. The molecular weight excluding hydrogens is 428 g/mol. The maximum absolute atomic E-state index is 12.6. The first-order valence-electron chi connectivity index (χ1n) is 11.8. The van der Waals surface area contributed by atoms with Crippen molar-refractivity contribution in [3.05, 3.63) is 47.5 Å². The molecule has 0 spiro atoms. The summed E-state index contributed by atoms with van der Waals surface area (Å²) in [5.74, 6) is 1.51. The van der Waals surface area contributed by atoms with Crippen LogP contribution in [0.15, 0.2) is 36.4 Å². The van der Waals surface area contributed by atoms with Gasteiger partial charge in [0.15, 0.2) is 5.82 Å². The molecule has 2 aromatic carbocycles. The van der Waals surface area contributed by atoms with Crippen molar-refractivity contribution >= 4 is 22.7 Å². The number of benzene rings is 2. The molecule has 7 heteroatoms. The number of piperidine rings is 1. The second-order valence-corrected chi connectivity index (χ2v) is 10.0. The lowest BCUT2D eigenvalue weighted by Gasteiger charge is -2.34. The number of nitrogens with zero attached hydrogens (tertiary/aromatic N) is 3. The number of anilines is 1. The molecule has 0 aliphatic carbocycles. The van der Waals surface area contributed by atoms with Crippen LogP contribution >= 0.6 is 0 Å². The number of aromatic nitrogens is 2. The average Bonchev–Trinajstić information content (AvgIpc) is 2.78. The van der Waals surface area contributed by atoms with Crippen LogP contribution < -0.4 is 10.1 Å². The van der Waals surface area contributed by atoms with E-state index in [-0.39, 0.29) is 12.1 Å². The number of hydrogen-bond acceptors (Lipinski definition) is 6. The topological polar surface area (TPSA) is 76.6 Å². The zero-order chi connectivity index (χ0) is 24.5. The number of amides is 1. The first-order chi connectivity index (χ1) is 16.2. The largest absolute Gasteiger partial charge is 0.496 e. The highest BCUT2D eigenvalue weighted by atomic mass is 16.6. The van der Waals surface area contributed by atoms with Gasteiger partial charge in [0.1, 0.15) is 17.0 Å². The minimum absolute atomic E-state index is 0.0677. The number of hydrogen-bond donors (Lipinski definition) is 1. The number of fused-ring (bicyclic) bond motifs is 1. The quantitative estimate of drug-likeness (QED) is 0.533. The Morgan fingerprint density at radius 2 is 1.94 bits per heavy atom. The van der Waals surface area contributed by atoms with Crippen molar-refractivity contribution in [2.45, 2.75) is 59.1 Å². The summed E-state index contributed by atoms with van der Waals surface area (Å²) in [7, 11) is 1.68. The second kappa shape index (κ2) is 9.49. The molecule has 3 aromatic rings. The van der Waals surface area contributed by atoms with E-state index in [4.69, 9.17) is 9.47 Å². The molecule has 0 radical (unpaired) electrons. The fourth-order valence-corrected chi connectivity index (χ4v) is 4.46. The molecule has 2 heterocycles. The molecule has 1 N–H and O–H groups in total. The van der Waals surface area contributed by atoms with Gasteiger partial charge in [0.25, 0.3) is 0 Å². The molecule has 1 saturated heterocycles. The van der Waals surface area contributed by atoms with E-state index < -0.39 is 5.60 Å². The molecule has 1 aromatic heterocycles. The number of likely N-dealkylation sites (tertiary alicyclic amines) is 1. The van der Waals surface area contributed by atoms with Gasteiger partial charge in [-0.25, -0.2) is 4.79 Å². The maximum atomic E-state index is 12.6. The Hall–Kier alpha value is -3.35. The highest BCUT2D eigenvalue weighted by Crippen LogP contribution is 2.37. The zero-order valence-corrected chi connectivity index (χ0v) is 20.9. The number of carbonyl (C=O) groups excluding carboxylic acids is 1. The van der Waals surface area contributed by atoms with Gasteiger partial charge in [0.2, 0.25) is 0 Å². The summed E-state index contributed by atoms with van der Waals surface area (Å²) in [6.07, 6.45) is 1.58. The van der Waals surface area contributed by atoms with Crippen LogP contribution in [0.25, 0.3) is 22.0 Å². The lowest BCUT2D eigenvalue weighted by atomic mass is 9.99. The Bertz CT molecular complexity index is 1200. The first kappa shape index (κ1) is 23.8. The van der Waals surface area contributed by atoms with Gasteiger partial charge in [0.05, 0.1) is 7.11 Å². The summed E-state index contributed by atoms with van der Waals surface area (Å²) >= 11 is 0. The smallest absolute Gasteiger partial charge is 0.410 e. The van der Waals surface area contributed by atoms with E-state index in [1.54, 1.807) is 12.0 Å². The minimum Gasteiger partial charge on any atom is -0.496 e. The van der Waals surface area contributed by atoms with Gasteiger partial charge in [-0.3, -0.25) is 0 Å². The van der Waals surface area contributed by atoms with Crippen molar-refractivity contribution < 1.29 is 14.3 Å². The molecule has 0 saturated carbocycles. The van der Waals surface area contributed by atoms with Crippen LogP contribution in [0.4, 0.5) is 10.6 Å². The van der Waals surface area contributed by atoms with E-state index in [1.807, 2.05) is 45.9 Å². The zero-order valence-electron chi connectivity index (χ0n) is 20.9. The van der Waals surface area contributed by atoms with Gasteiger partial charge in [0, 0.05) is 35.5 Å². The lowest BCUT2D eigenvalue weighted by Crippen LogP contribution is -2.47. The van der Waals surface area contributed by atoms with E-state index in [9.17, 15) is 4.79 Å². The molecule has 0 unspecified atom stereocenters. The molecule has 1 fully saturated rings. The molecule has 1 amide bonds. The van der Waals surface area contributed by atoms with Gasteiger partial charge in [-0.1, -0.05) is 24.3 Å². The fourth-order valence-electron chi connectivity index (χ4n) is 4.46. The maximum Gasteiger partial charge on any atom is 0.410 e. The first-order valence-corrected chi connectivity index (χ1v) is 11.8. The van der Waals surface area contributed by atoms with E-state index >= 15 is 0 Å². The van der Waals surface area contributed by atoms with E-state index in [1.165, 1.54) is 0 Å². The van der Waals surface area contributed by atoms with Crippen LogP contribution in [0.5, 0.6) is 5.75 Å². The number of methoxy groups -OCH3 is 1. The third kappa shape index (κ3) is 5.08. The summed E-state index contributed by atoms with van der Waals surface area (Å²) in [6.45, 7) is 11.1. The Morgan fingerprint density at radius 1 is 1.15 bits per heavy atom. The van der Waals surface area contributed by atoms with Gasteiger partial charge < -0.3 is 19.7 Å². The van der Waals surface area contributed by atoms with Crippen molar-refractivity contribution in [3.63, 3.8) is 0 Å². The predicted octanol–water partition coefficient (Wildman–Crippen LogP) is 5.73. The molecule has 34 heavy (non-hydrogen) atoms. The number of carbonyl (C=O) groups is 1. The number of nitrogens with one attached hydrogen (secondary N) is 1. The molecule has 7 nitrogen and oxygen atoms in total. The highest BCUT2D eigenvalue weighted by molar-refractivity contribution is 6.02. The Kier molecular flexibility index (Phi) is 6.64. The van der Waals surface area contributed by atoms with Crippen LogP contribution in [-0.2, 0) is 4.74 Å². The molecule has 180 valence electrons. The summed E-state index contributed by atoms with van der Waals surface area (Å²) < 4.78 is 11.2. The van der Waals surface area contributed by atoms with Crippen LogP contribution in [0.3, 0.4) is 0 Å². The third-order valence-corrected chi connectivity index (χ3v) is 6.04. The van der Waals surface area contributed by atoms with E-state index in [0.717, 1.165) is 57.6 Å². The van der Waals surface area contributed by atoms with Gasteiger partial charge >= 0.3 is 6.09 Å². The molecule has 1 atom stereocenters. The standard InChI is InChI=1S/C27H34N4O3/c1-17-12-13-20(22(15-17)33-6)24-21-11-7-9-18(2)23(21)25(30-29-24)28-19-10-8-14-31(16-19)26(32)34-27(3,4)5/h7,9,11-13,15,19H,8,10,14,16H2,1-6H3,(H,28,30)/t19-/m1/s1. The van der Waals surface area contributed by atoms with Gasteiger partial charge in [-0.2, -0.15) is 0 Å². The predicted molar refractivity (Wildman–Crippen MR) is 135 cm³/mol. The Morgan fingerprint density at radius 3 is 2.68 bits per heavy atom. The molecule has 1 aliphatic rings. The Balaban J connectivity index is 1.66. The van der Waals surface area contributed by atoms with Gasteiger partial charge in [-0.05, 0) is 70.7 Å². The normalized spacial score (nSPS) is 16.4. The lowest BCUT2D eigenvalue weighted by molar-refractivity contribution is 0.0206. The van der Waals surface area contributed by atoms with Crippen molar-refractivity contribution in [2.24, 2.45) is 0 Å². The van der Waals surface area contributed by atoms with Crippen LogP contribution in [-0.4, -0.2) is 53.0 Å². The van der Waals surface area contributed by atoms with Crippen LogP contribution in [0, 0.1) is 13.8 Å². The van der Waals surface area contributed by atoms with E-state index in [2.05, 4.69) is 40.6 Å². The van der Waals surface area contributed by atoms with Crippen molar-refractivity contribution in [2.75, 3.05) is 25.5 Å². The summed E-state index contributed by atoms with van der Waals surface area (Å²) in [6, 6.07) is 12.4. The van der Waals surface area contributed by atoms with Crippen molar-refractivity contribution in [3.8, 4) is 17.0 Å². The molecule has 0 bridgehead atoms. The number of rotatable bonds is 4. The number of aryl methyl sites for hydroxylation is 2. The van der Waals surface area contributed by atoms with Gasteiger partial charge in [-0.15, -0.1) is 10.2 Å². The second-order valence-electron chi connectivity index (χ2n) is 10.0. The van der Waals surface area contributed by atoms with E-state index in [0.29, 0.717) is 13.1 Å². The minimum atomic E-state index is -0.511. The molecule has 1 aliphatic heterocycles. The SMILES string of the molecule is COc1cc(C)ccc1-c1nnc(N[C@@H]2CCCN(C(=O)OC(C)(C)C)C2)c2c(C)cccc12. The fraction of sp³-hybridized carbons (Fsp3) is 0.444. The monoisotopic (exact) mass is 462 g/mol.